The molecule has 0 unspecified atom stereocenters. The Morgan fingerprint density at radius 1 is 1.38 bits per heavy atom. The summed E-state index contributed by atoms with van der Waals surface area (Å²) in [6.07, 6.45) is 7.48. The van der Waals surface area contributed by atoms with Crippen LogP contribution in [-0.2, 0) is 4.79 Å². The number of aromatic hydroxyl groups is 1. The molecule has 0 atom stereocenters. The number of halogens is 1. The lowest BCUT2D eigenvalue weighted by Gasteiger charge is -2.22. The molecule has 114 valence electrons. The molecule has 0 bridgehead atoms. The summed E-state index contributed by atoms with van der Waals surface area (Å²) in [6, 6.07) is 5.48. The van der Waals surface area contributed by atoms with Gasteiger partial charge in [0.2, 0.25) is 0 Å². The van der Waals surface area contributed by atoms with Gasteiger partial charge in [-0.2, -0.15) is 5.10 Å². The zero-order valence-electron chi connectivity index (χ0n) is 11.8. The molecule has 0 aromatic heterocycles. The first-order valence-corrected chi connectivity index (χ1v) is 7.98. The van der Waals surface area contributed by atoms with Gasteiger partial charge >= 0.3 is 0 Å². The molecule has 1 aliphatic rings. The van der Waals surface area contributed by atoms with Crippen molar-refractivity contribution < 1.29 is 9.90 Å². The predicted octanol–water partition coefficient (Wildman–Crippen LogP) is 2.53. The first kappa shape index (κ1) is 16.0. The van der Waals surface area contributed by atoms with Gasteiger partial charge in [-0.05, 0) is 31.0 Å². The van der Waals surface area contributed by atoms with Gasteiger partial charge in [0.05, 0.1) is 12.8 Å². The standard InChI is InChI=1S/C15H20BrN3O2/c16-12-6-7-14(20)11(8-12)9-18-19-15(21)10-17-13-4-2-1-3-5-13/h6-9,13,17,20H,1-5,10H2,(H,19,21)/b18-9-. The van der Waals surface area contributed by atoms with Gasteiger partial charge < -0.3 is 10.4 Å². The third-order valence-corrected chi connectivity index (χ3v) is 4.03. The lowest BCUT2D eigenvalue weighted by atomic mass is 9.95. The maximum Gasteiger partial charge on any atom is 0.254 e. The molecule has 2 rings (SSSR count). The van der Waals surface area contributed by atoms with Crippen LogP contribution < -0.4 is 10.7 Å². The Kier molecular flexibility index (Phi) is 6.20. The molecule has 21 heavy (non-hydrogen) atoms. The van der Waals surface area contributed by atoms with Gasteiger partial charge in [-0.15, -0.1) is 0 Å². The molecule has 1 amide bonds. The van der Waals surface area contributed by atoms with Crippen molar-refractivity contribution in [2.75, 3.05) is 6.54 Å². The summed E-state index contributed by atoms with van der Waals surface area (Å²) < 4.78 is 0.840. The zero-order chi connectivity index (χ0) is 15.1. The fraction of sp³-hybridized carbons (Fsp3) is 0.467. The Hall–Kier alpha value is -1.40. The summed E-state index contributed by atoms with van der Waals surface area (Å²) in [6.45, 7) is 0.270. The van der Waals surface area contributed by atoms with Crippen molar-refractivity contribution in [3.8, 4) is 5.75 Å². The molecule has 5 nitrogen and oxygen atoms in total. The Balaban J connectivity index is 1.75. The fourth-order valence-corrected chi connectivity index (χ4v) is 2.76. The highest BCUT2D eigenvalue weighted by molar-refractivity contribution is 9.10. The van der Waals surface area contributed by atoms with E-state index in [4.69, 9.17) is 0 Å². The number of phenols is 1. The second kappa shape index (κ2) is 8.14. The molecule has 1 aromatic carbocycles. The highest BCUT2D eigenvalue weighted by Crippen LogP contribution is 2.20. The van der Waals surface area contributed by atoms with Crippen LogP contribution in [0.4, 0.5) is 0 Å². The minimum atomic E-state index is -0.175. The number of hydrogen-bond donors (Lipinski definition) is 3. The number of phenolic OH excluding ortho intramolecular Hbond substituents is 1. The van der Waals surface area contributed by atoms with Crippen LogP contribution in [0.3, 0.4) is 0 Å². The molecular formula is C15H20BrN3O2. The molecule has 1 fully saturated rings. The Morgan fingerprint density at radius 2 is 2.14 bits per heavy atom. The van der Waals surface area contributed by atoms with E-state index in [0.717, 1.165) is 17.3 Å². The van der Waals surface area contributed by atoms with Gasteiger partial charge in [-0.3, -0.25) is 4.79 Å². The van der Waals surface area contributed by atoms with E-state index in [0.29, 0.717) is 11.6 Å². The molecule has 0 aliphatic heterocycles. The van der Waals surface area contributed by atoms with Crippen molar-refractivity contribution in [3.63, 3.8) is 0 Å². The smallest absolute Gasteiger partial charge is 0.254 e. The van der Waals surface area contributed by atoms with Gasteiger partial charge in [-0.1, -0.05) is 35.2 Å². The van der Waals surface area contributed by atoms with Gasteiger partial charge in [0.1, 0.15) is 5.75 Å². The van der Waals surface area contributed by atoms with Gasteiger partial charge in [0, 0.05) is 16.1 Å². The maximum absolute atomic E-state index is 11.7. The first-order chi connectivity index (χ1) is 10.1. The summed E-state index contributed by atoms with van der Waals surface area (Å²) in [7, 11) is 0. The number of rotatable bonds is 5. The third-order valence-electron chi connectivity index (χ3n) is 3.54. The average Bonchev–Trinajstić information content (AvgIpc) is 2.50. The lowest BCUT2D eigenvalue weighted by Crippen LogP contribution is -2.38. The van der Waals surface area contributed by atoms with Crippen molar-refractivity contribution in [1.82, 2.24) is 10.7 Å². The van der Waals surface area contributed by atoms with Crippen LogP contribution in [0, 0.1) is 0 Å². The van der Waals surface area contributed by atoms with E-state index >= 15 is 0 Å². The highest BCUT2D eigenvalue weighted by atomic mass is 79.9. The molecule has 0 spiro atoms. The molecule has 1 aromatic rings. The molecule has 0 saturated heterocycles. The fourth-order valence-electron chi connectivity index (χ4n) is 2.39. The van der Waals surface area contributed by atoms with E-state index in [1.165, 1.54) is 25.5 Å². The average molecular weight is 354 g/mol. The topological polar surface area (TPSA) is 73.7 Å². The van der Waals surface area contributed by atoms with Crippen molar-refractivity contribution in [3.05, 3.63) is 28.2 Å². The lowest BCUT2D eigenvalue weighted by molar-refractivity contribution is -0.120. The number of amides is 1. The predicted molar refractivity (Wildman–Crippen MR) is 86.4 cm³/mol. The number of carbonyl (C=O) groups excluding carboxylic acids is 1. The normalized spacial score (nSPS) is 16.2. The zero-order valence-corrected chi connectivity index (χ0v) is 13.4. The third kappa shape index (κ3) is 5.47. The number of nitrogens with one attached hydrogen (secondary N) is 2. The second-order valence-corrected chi connectivity index (χ2v) is 6.13. The minimum Gasteiger partial charge on any atom is -0.507 e. The van der Waals surface area contributed by atoms with Crippen molar-refractivity contribution >= 4 is 28.1 Å². The second-order valence-electron chi connectivity index (χ2n) is 5.21. The largest absolute Gasteiger partial charge is 0.507 e. The SMILES string of the molecule is O=C(CNC1CCCCC1)N/N=C\c1cc(Br)ccc1O. The van der Waals surface area contributed by atoms with E-state index < -0.39 is 0 Å². The van der Waals surface area contributed by atoms with Crippen LogP contribution in [0.1, 0.15) is 37.7 Å². The summed E-state index contributed by atoms with van der Waals surface area (Å²) >= 11 is 3.32. The van der Waals surface area contributed by atoms with E-state index in [1.807, 2.05) is 0 Å². The first-order valence-electron chi connectivity index (χ1n) is 7.19. The van der Waals surface area contributed by atoms with Crippen LogP contribution in [0.25, 0.3) is 0 Å². The molecule has 6 heteroatoms. The van der Waals surface area contributed by atoms with E-state index in [-0.39, 0.29) is 18.2 Å². The van der Waals surface area contributed by atoms with Crippen molar-refractivity contribution in [1.29, 1.82) is 0 Å². The van der Waals surface area contributed by atoms with E-state index in [2.05, 4.69) is 31.8 Å². The number of carbonyl (C=O) groups is 1. The van der Waals surface area contributed by atoms with Crippen LogP contribution >= 0.6 is 15.9 Å². The Labute approximate surface area is 132 Å². The monoisotopic (exact) mass is 353 g/mol. The van der Waals surface area contributed by atoms with Gasteiger partial charge in [0.25, 0.3) is 5.91 Å². The summed E-state index contributed by atoms with van der Waals surface area (Å²) in [5, 5.41) is 16.7. The molecule has 0 heterocycles. The molecule has 1 saturated carbocycles. The number of hydrogen-bond acceptors (Lipinski definition) is 4. The Morgan fingerprint density at radius 3 is 2.90 bits per heavy atom. The molecule has 1 aliphatic carbocycles. The van der Waals surface area contributed by atoms with Crippen LogP contribution in [0.15, 0.2) is 27.8 Å². The maximum atomic E-state index is 11.7. The highest BCUT2D eigenvalue weighted by Gasteiger charge is 2.13. The Bertz CT molecular complexity index is 514. The summed E-state index contributed by atoms with van der Waals surface area (Å²) in [5.74, 6) is -0.0529. The van der Waals surface area contributed by atoms with Crippen LogP contribution in [-0.4, -0.2) is 29.8 Å². The molecular weight excluding hydrogens is 334 g/mol. The number of hydrazone groups is 1. The van der Waals surface area contributed by atoms with E-state index in [9.17, 15) is 9.90 Å². The minimum absolute atomic E-state index is 0.122. The van der Waals surface area contributed by atoms with Crippen molar-refractivity contribution in [2.24, 2.45) is 5.10 Å². The van der Waals surface area contributed by atoms with Crippen LogP contribution in [0.2, 0.25) is 0 Å². The quantitative estimate of drug-likeness (QED) is 0.562. The van der Waals surface area contributed by atoms with E-state index in [1.54, 1.807) is 18.2 Å². The molecule has 0 radical (unpaired) electrons. The van der Waals surface area contributed by atoms with Crippen molar-refractivity contribution in [2.45, 2.75) is 38.1 Å². The van der Waals surface area contributed by atoms with Gasteiger partial charge in [0.15, 0.2) is 0 Å². The molecule has 3 N–H and O–H groups in total. The number of nitrogens with zero attached hydrogens (tertiary/aromatic N) is 1. The van der Waals surface area contributed by atoms with Gasteiger partial charge in [-0.25, -0.2) is 5.43 Å². The summed E-state index contributed by atoms with van der Waals surface area (Å²) in [4.78, 5) is 11.7. The van der Waals surface area contributed by atoms with Crippen LogP contribution in [0.5, 0.6) is 5.75 Å². The summed E-state index contributed by atoms with van der Waals surface area (Å²) in [5.41, 5.74) is 3.01. The number of benzene rings is 1.